The number of ether oxygens (including phenoxy) is 2. The Hall–Kier alpha value is -3.12. The Labute approximate surface area is 192 Å². The molecule has 1 aliphatic rings. The summed E-state index contributed by atoms with van der Waals surface area (Å²) >= 11 is 1.67. The van der Waals surface area contributed by atoms with Crippen LogP contribution in [0.25, 0.3) is 10.4 Å². The molecule has 0 aliphatic carbocycles. The van der Waals surface area contributed by atoms with Crippen molar-refractivity contribution in [2.75, 3.05) is 20.2 Å². The molecule has 1 fully saturated rings. The van der Waals surface area contributed by atoms with Gasteiger partial charge in [0.25, 0.3) is 5.91 Å². The molecule has 5 nitrogen and oxygen atoms in total. The van der Waals surface area contributed by atoms with E-state index >= 15 is 0 Å². The summed E-state index contributed by atoms with van der Waals surface area (Å²) in [5.74, 6) is 0.520. The highest BCUT2D eigenvalue weighted by Crippen LogP contribution is 2.31. The number of amides is 1. The second kappa shape index (κ2) is 10.0. The van der Waals surface area contributed by atoms with E-state index in [9.17, 15) is 9.59 Å². The zero-order chi connectivity index (χ0) is 22.5. The lowest BCUT2D eigenvalue weighted by atomic mass is 9.90. The Kier molecular flexibility index (Phi) is 6.90. The van der Waals surface area contributed by atoms with E-state index in [2.05, 4.69) is 12.1 Å². The summed E-state index contributed by atoms with van der Waals surface area (Å²) in [7, 11) is 1.35. The number of carbonyl (C=O) groups excluding carboxylic acids is 2. The fraction of sp³-hybridized carbons (Fsp3) is 0.308. The summed E-state index contributed by atoms with van der Waals surface area (Å²) in [6.07, 6.45) is 1.29. The molecule has 0 bridgehead atoms. The number of likely N-dealkylation sites (tertiary alicyclic amines) is 1. The van der Waals surface area contributed by atoms with Crippen LogP contribution in [0, 0.1) is 0 Å². The van der Waals surface area contributed by atoms with Gasteiger partial charge in [0.1, 0.15) is 5.75 Å². The van der Waals surface area contributed by atoms with Crippen LogP contribution in [0.2, 0.25) is 0 Å². The summed E-state index contributed by atoms with van der Waals surface area (Å²) in [6, 6.07) is 19.8. The zero-order valence-corrected chi connectivity index (χ0v) is 19.1. The molecule has 0 spiro atoms. The minimum atomic E-state index is -0.671. The minimum Gasteiger partial charge on any atom is -0.479 e. The smallest absolute Gasteiger partial charge is 0.346 e. The maximum atomic E-state index is 13.3. The molecule has 2 aromatic carbocycles. The van der Waals surface area contributed by atoms with Crippen molar-refractivity contribution in [3.8, 4) is 16.2 Å². The molecule has 0 radical (unpaired) electrons. The van der Waals surface area contributed by atoms with Crippen LogP contribution >= 0.6 is 11.3 Å². The number of piperidine rings is 1. The first-order chi connectivity index (χ1) is 15.5. The van der Waals surface area contributed by atoms with Crippen molar-refractivity contribution in [2.45, 2.75) is 31.8 Å². The van der Waals surface area contributed by atoms with Crippen molar-refractivity contribution in [3.05, 3.63) is 77.2 Å². The molecule has 2 atom stereocenters. The summed E-state index contributed by atoms with van der Waals surface area (Å²) in [6.45, 7) is 3.09. The Balaban J connectivity index is 1.47. The number of nitrogens with zero attached hydrogens (tertiary/aromatic N) is 1. The van der Waals surface area contributed by atoms with Crippen LogP contribution in [0.4, 0.5) is 0 Å². The van der Waals surface area contributed by atoms with Gasteiger partial charge in [-0.3, -0.25) is 4.79 Å². The van der Waals surface area contributed by atoms with Crippen LogP contribution in [0.15, 0.2) is 66.0 Å². The third kappa shape index (κ3) is 5.02. The number of carbonyl (C=O) groups is 2. The lowest BCUT2D eigenvalue weighted by Gasteiger charge is -2.33. The largest absolute Gasteiger partial charge is 0.479 e. The first-order valence-corrected chi connectivity index (χ1v) is 11.7. The van der Waals surface area contributed by atoms with Crippen LogP contribution in [-0.4, -0.2) is 43.1 Å². The molecule has 1 amide bonds. The number of methoxy groups -OCH3 is 1. The van der Waals surface area contributed by atoms with E-state index in [1.54, 1.807) is 18.3 Å². The quantitative estimate of drug-likeness (QED) is 0.475. The number of thiophene rings is 1. The first-order valence-electron chi connectivity index (χ1n) is 10.8. The van der Waals surface area contributed by atoms with Gasteiger partial charge in [-0.2, -0.15) is 0 Å². The molecule has 2 heterocycles. The average Bonchev–Trinajstić information content (AvgIpc) is 3.38. The number of rotatable bonds is 6. The molecule has 3 aromatic rings. The van der Waals surface area contributed by atoms with E-state index in [-0.39, 0.29) is 11.8 Å². The first kappa shape index (κ1) is 22.1. The summed E-state index contributed by atoms with van der Waals surface area (Å²) < 4.78 is 10.5. The molecule has 166 valence electrons. The van der Waals surface area contributed by atoms with Crippen molar-refractivity contribution in [3.63, 3.8) is 0 Å². The van der Waals surface area contributed by atoms with E-state index in [1.807, 2.05) is 58.8 Å². The van der Waals surface area contributed by atoms with Crippen molar-refractivity contribution in [1.82, 2.24) is 4.90 Å². The molecule has 0 saturated carbocycles. The van der Waals surface area contributed by atoms with Gasteiger partial charge < -0.3 is 14.4 Å². The summed E-state index contributed by atoms with van der Waals surface area (Å²) in [5.41, 5.74) is 2.91. The topological polar surface area (TPSA) is 55.8 Å². The van der Waals surface area contributed by atoms with Crippen LogP contribution in [0.3, 0.4) is 0 Å². The zero-order valence-electron chi connectivity index (χ0n) is 18.3. The van der Waals surface area contributed by atoms with Gasteiger partial charge in [-0.05, 0) is 66.6 Å². The molecule has 1 aromatic heterocycles. The second-order valence-corrected chi connectivity index (χ2v) is 8.95. The van der Waals surface area contributed by atoms with Gasteiger partial charge in [-0.15, -0.1) is 11.3 Å². The fourth-order valence-corrected chi connectivity index (χ4v) is 4.85. The Morgan fingerprint density at radius 1 is 1.09 bits per heavy atom. The summed E-state index contributed by atoms with van der Waals surface area (Å²) in [4.78, 5) is 28.0. The Morgan fingerprint density at radius 2 is 1.94 bits per heavy atom. The lowest BCUT2D eigenvalue weighted by Crippen LogP contribution is -2.39. The predicted molar refractivity (Wildman–Crippen MR) is 126 cm³/mol. The van der Waals surface area contributed by atoms with Gasteiger partial charge in [-0.1, -0.05) is 30.3 Å². The number of benzene rings is 2. The molecular weight excluding hydrogens is 422 g/mol. The molecule has 1 aliphatic heterocycles. The number of esters is 1. The molecule has 2 unspecified atom stereocenters. The Bertz CT molecular complexity index is 1080. The highest BCUT2D eigenvalue weighted by Gasteiger charge is 2.26. The van der Waals surface area contributed by atoms with Gasteiger partial charge in [-0.25, -0.2) is 4.79 Å². The molecule has 1 saturated heterocycles. The Morgan fingerprint density at radius 3 is 2.72 bits per heavy atom. The molecule has 6 heteroatoms. The number of hydrogen-bond donors (Lipinski definition) is 0. The van der Waals surface area contributed by atoms with Crippen molar-refractivity contribution in [1.29, 1.82) is 0 Å². The van der Waals surface area contributed by atoms with E-state index < -0.39 is 12.1 Å². The van der Waals surface area contributed by atoms with Crippen molar-refractivity contribution < 1.29 is 19.1 Å². The summed E-state index contributed by atoms with van der Waals surface area (Å²) in [5, 5.41) is 2.04. The van der Waals surface area contributed by atoms with Crippen LogP contribution < -0.4 is 4.74 Å². The van der Waals surface area contributed by atoms with Crippen LogP contribution in [0.1, 0.15) is 41.6 Å². The van der Waals surface area contributed by atoms with Crippen LogP contribution in [0.5, 0.6) is 5.75 Å². The third-order valence-electron chi connectivity index (χ3n) is 5.80. The monoisotopic (exact) mass is 449 g/mol. The highest BCUT2D eigenvalue weighted by atomic mass is 32.1. The SMILES string of the molecule is COC(=O)C(C)Oc1cccc(C2CCCN(C(=O)c3cccc(-c4cccs4)c3)C2)c1. The van der Waals surface area contributed by atoms with Crippen molar-refractivity contribution >= 4 is 23.2 Å². The molecule has 4 rings (SSSR count). The molecule has 32 heavy (non-hydrogen) atoms. The predicted octanol–water partition coefficient (Wildman–Crippen LogP) is 5.38. The average molecular weight is 450 g/mol. The van der Waals surface area contributed by atoms with Crippen LogP contribution in [-0.2, 0) is 9.53 Å². The van der Waals surface area contributed by atoms with E-state index in [4.69, 9.17) is 9.47 Å². The van der Waals surface area contributed by atoms with Gasteiger partial charge in [0.05, 0.1) is 7.11 Å². The minimum absolute atomic E-state index is 0.0693. The molecule has 0 N–H and O–H groups in total. The van der Waals surface area contributed by atoms with Gasteiger partial charge in [0, 0.05) is 29.4 Å². The molecular formula is C26H27NO4S. The van der Waals surface area contributed by atoms with E-state index in [0.29, 0.717) is 12.3 Å². The maximum Gasteiger partial charge on any atom is 0.346 e. The van der Waals surface area contributed by atoms with Crippen molar-refractivity contribution in [2.24, 2.45) is 0 Å². The fourth-order valence-electron chi connectivity index (χ4n) is 4.12. The third-order valence-corrected chi connectivity index (χ3v) is 6.72. The standard InChI is InChI=1S/C26H27NO4S/c1-18(26(29)30-2)31-23-11-4-7-19(16-23)22-10-5-13-27(17-22)25(28)21-9-3-8-20(15-21)24-12-6-14-32-24/h3-4,6-9,11-12,14-16,18,22H,5,10,13,17H2,1-2H3. The van der Waals surface area contributed by atoms with Gasteiger partial charge >= 0.3 is 5.97 Å². The second-order valence-electron chi connectivity index (χ2n) is 8.00. The number of hydrogen-bond acceptors (Lipinski definition) is 5. The van der Waals surface area contributed by atoms with E-state index in [1.165, 1.54) is 7.11 Å². The van der Waals surface area contributed by atoms with E-state index in [0.717, 1.165) is 41.0 Å². The lowest BCUT2D eigenvalue weighted by molar-refractivity contribution is -0.147. The normalized spacial score (nSPS) is 16.9. The highest BCUT2D eigenvalue weighted by molar-refractivity contribution is 7.13. The maximum absolute atomic E-state index is 13.3. The van der Waals surface area contributed by atoms with Gasteiger partial charge in [0.15, 0.2) is 6.10 Å². The van der Waals surface area contributed by atoms with Gasteiger partial charge in [0.2, 0.25) is 0 Å².